The van der Waals surface area contributed by atoms with Crippen molar-refractivity contribution in [1.82, 2.24) is 9.80 Å². The monoisotopic (exact) mass is 412 g/mol. The highest BCUT2D eigenvalue weighted by Gasteiger charge is 2.42. The first-order valence-corrected chi connectivity index (χ1v) is 11.3. The zero-order chi connectivity index (χ0) is 20.7. The number of rotatable bonds is 3. The Morgan fingerprint density at radius 2 is 1.90 bits per heavy atom. The minimum absolute atomic E-state index is 0.0524. The van der Waals surface area contributed by atoms with Crippen LogP contribution < -0.4 is 0 Å². The Morgan fingerprint density at radius 3 is 2.59 bits per heavy atom. The number of hydrogen-bond acceptors (Lipinski definition) is 5. The van der Waals surface area contributed by atoms with Gasteiger partial charge in [-0.3, -0.25) is 14.6 Å². The van der Waals surface area contributed by atoms with Crippen LogP contribution in [0.15, 0.2) is 34.3 Å². The van der Waals surface area contributed by atoms with Crippen molar-refractivity contribution in [2.45, 2.75) is 40.2 Å². The van der Waals surface area contributed by atoms with Crippen LogP contribution in [0.1, 0.15) is 39.7 Å². The third kappa shape index (κ3) is 3.84. The molecule has 4 rings (SSSR count). The molecule has 1 aromatic rings. The molecule has 6 nitrogen and oxygen atoms in total. The van der Waals surface area contributed by atoms with E-state index in [-0.39, 0.29) is 23.5 Å². The quantitative estimate of drug-likeness (QED) is 0.763. The Labute approximate surface area is 176 Å². The molecule has 3 heterocycles. The van der Waals surface area contributed by atoms with Crippen molar-refractivity contribution in [3.05, 3.63) is 29.8 Å². The number of amidine groups is 2. The predicted molar refractivity (Wildman–Crippen MR) is 118 cm³/mol. The van der Waals surface area contributed by atoms with Crippen LogP contribution in [0.25, 0.3) is 0 Å². The minimum atomic E-state index is -0.401. The molecule has 3 atom stereocenters. The molecular formula is C22H28N4O2S. The highest BCUT2D eigenvalue weighted by Crippen LogP contribution is 2.35. The predicted octanol–water partition coefficient (Wildman–Crippen LogP) is 3.54. The Bertz CT molecular complexity index is 885. The van der Waals surface area contributed by atoms with Crippen molar-refractivity contribution in [1.29, 1.82) is 0 Å². The highest BCUT2D eigenvalue weighted by atomic mass is 32.2. The van der Waals surface area contributed by atoms with Crippen LogP contribution in [0, 0.1) is 17.8 Å². The Hall–Kier alpha value is -2.15. The molecule has 3 aliphatic rings. The van der Waals surface area contributed by atoms with Crippen LogP contribution in [0.2, 0.25) is 0 Å². The Kier molecular flexibility index (Phi) is 5.51. The lowest BCUT2D eigenvalue weighted by Gasteiger charge is -2.35. The standard InChI is InChI=1S/C22H28N4O2S/c1-13(2)19-21(28)26-20(24-19)16-7-5-6-8-17(16)23-22(26)29-12-18(27)25-10-14(3)9-15(4)11-25/h5-8,13-15,19H,9-12H2,1-4H3. The van der Waals surface area contributed by atoms with Gasteiger partial charge in [-0.1, -0.05) is 51.6 Å². The normalized spacial score (nSPS) is 26.2. The molecule has 0 aliphatic carbocycles. The molecule has 0 radical (unpaired) electrons. The van der Waals surface area contributed by atoms with Crippen LogP contribution in [0.4, 0.5) is 5.69 Å². The van der Waals surface area contributed by atoms with Gasteiger partial charge in [0.15, 0.2) is 5.17 Å². The lowest BCUT2D eigenvalue weighted by atomic mass is 9.92. The van der Waals surface area contributed by atoms with Gasteiger partial charge in [-0.05, 0) is 36.3 Å². The molecule has 29 heavy (non-hydrogen) atoms. The van der Waals surface area contributed by atoms with Crippen molar-refractivity contribution in [3.8, 4) is 0 Å². The molecule has 0 N–H and O–H groups in total. The van der Waals surface area contributed by atoms with Crippen molar-refractivity contribution in [3.63, 3.8) is 0 Å². The topological polar surface area (TPSA) is 65.3 Å². The number of amides is 2. The van der Waals surface area contributed by atoms with Crippen LogP contribution in [0.3, 0.4) is 0 Å². The summed E-state index contributed by atoms with van der Waals surface area (Å²) in [5, 5.41) is 0.557. The Morgan fingerprint density at radius 1 is 1.21 bits per heavy atom. The second-order valence-corrected chi connectivity index (χ2v) is 9.70. The van der Waals surface area contributed by atoms with Crippen LogP contribution in [0.5, 0.6) is 0 Å². The third-order valence-electron chi connectivity index (χ3n) is 5.68. The summed E-state index contributed by atoms with van der Waals surface area (Å²) < 4.78 is 0. The molecule has 7 heteroatoms. The van der Waals surface area contributed by atoms with Crippen molar-refractivity contribution in [2.75, 3.05) is 18.8 Å². The third-order valence-corrected chi connectivity index (χ3v) is 6.60. The maximum atomic E-state index is 13.1. The van der Waals surface area contributed by atoms with Gasteiger partial charge in [0.2, 0.25) is 5.91 Å². The van der Waals surface area contributed by atoms with E-state index < -0.39 is 6.04 Å². The van der Waals surface area contributed by atoms with E-state index in [9.17, 15) is 9.59 Å². The SMILES string of the molecule is CC1CC(C)CN(C(=O)CSC2=Nc3ccccc3C3=NC(C(C)C)C(=O)N23)C1. The first kappa shape index (κ1) is 20.1. The number of carbonyl (C=O) groups excluding carboxylic acids is 2. The average Bonchev–Trinajstić information content (AvgIpc) is 3.03. The second kappa shape index (κ2) is 7.94. The fourth-order valence-electron chi connectivity index (χ4n) is 4.38. The first-order valence-electron chi connectivity index (χ1n) is 10.4. The number of carbonyl (C=O) groups is 2. The van der Waals surface area contributed by atoms with Gasteiger partial charge in [0, 0.05) is 18.7 Å². The maximum Gasteiger partial charge on any atom is 0.259 e. The van der Waals surface area contributed by atoms with E-state index in [1.54, 1.807) is 4.90 Å². The van der Waals surface area contributed by atoms with Gasteiger partial charge in [0.05, 0.1) is 11.4 Å². The largest absolute Gasteiger partial charge is 0.341 e. The summed E-state index contributed by atoms with van der Waals surface area (Å²) in [6, 6.07) is 7.34. The van der Waals surface area contributed by atoms with Gasteiger partial charge in [-0.2, -0.15) is 0 Å². The lowest BCUT2D eigenvalue weighted by molar-refractivity contribution is -0.131. The molecule has 1 aromatic carbocycles. The van der Waals surface area contributed by atoms with E-state index in [1.807, 2.05) is 43.0 Å². The second-order valence-electron chi connectivity index (χ2n) is 8.76. The van der Waals surface area contributed by atoms with E-state index in [0.29, 0.717) is 22.8 Å². The van der Waals surface area contributed by atoms with Crippen molar-refractivity contribution in [2.24, 2.45) is 27.7 Å². The number of piperidine rings is 1. The number of fused-ring (bicyclic) bond motifs is 3. The van der Waals surface area contributed by atoms with Crippen molar-refractivity contribution < 1.29 is 9.59 Å². The number of aliphatic imine (C=N–C) groups is 2. The fourth-order valence-corrected chi connectivity index (χ4v) is 5.29. The van der Waals surface area contributed by atoms with E-state index in [1.165, 1.54) is 18.2 Å². The molecule has 1 saturated heterocycles. The van der Waals surface area contributed by atoms with Gasteiger partial charge in [-0.15, -0.1) is 0 Å². The molecule has 3 unspecified atom stereocenters. The zero-order valence-corrected chi connectivity index (χ0v) is 18.3. The van der Waals surface area contributed by atoms with E-state index in [4.69, 9.17) is 9.98 Å². The van der Waals surface area contributed by atoms with Crippen LogP contribution in [-0.4, -0.2) is 57.5 Å². The molecular weight excluding hydrogens is 384 g/mol. The number of likely N-dealkylation sites (tertiary alicyclic amines) is 1. The van der Waals surface area contributed by atoms with E-state index >= 15 is 0 Å². The average molecular weight is 413 g/mol. The molecule has 0 spiro atoms. The smallest absolute Gasteiger partial charge is 0.259 e. The summed E-state index contributed by atoms with van der Waals surface area (Å²) in [5.74, 6) is 2.16. The fraction of sp³-hybridized carbons (Fsp3) is 0.545. The number of hydrogen-bond donors (Lipinski definition) is 0. The molecule has 1 fully saturated rings. The summed E-state index contributed by atoms with van der Waals surface area (Å²) in [5.41, 5.74) is 1.67. The molecule has 154 valence electrons. The molecule has 0 bridgehead atoms. The number of thioether (sulfide) groups is 1. The molecule has 0 aromatic heterocycles. The number of benzene rings is 1. The van der Waals surface area contributed by atoms with E-state index in [2.05, 4.69) is 13.8 Å². The van der Waals surface area contributed by atoms with Gasteiger partial charge in [-0.25, -0.2) is 9.89 Å². The summed E-state index contributed by atoms with van der Waals surface area (Å²) in [6.45, 7) is 10.0. The summed E-state index contributed by atoms with van der Waals surface area (Å²) >= 11 is 1.34. The zero-order valence-electron chi connectivity index (χ0n) is 17.5. The molecule has 0 saturated carbocycles. The summed E-state index contributed by atoms with van der Waals surface area (Å²) in [6.07, 6.45) is 1.17. The van der Waals surface area contributed by atoms with Crippen LogP contribution >= 0.6 is 11.8 Å². The molecule has 2 amide bonds. The lowest BCUT2D eigenvalue weighted by Crippen LogP contribution is -2.45. The number of para-hydroxylation sites is 1. The first-order chi connectivity index (χ1) is 13.8. The maximum absolute atomic E-state index is 13.1. The number of nitrogens with zero attached hydrogens (tertiary/aromatic N) is 4. The van der Waals surface area contributed by atoms with Gasteiger partial charge >= 0.3 is 0 Å². The summed E-state index contributed by atoms with van der Waals surface area (Å²) in [7, 11) is 0. The summed E-state index contributed by atoms with van der Waals surface area (Å²) in [4.78, 5) is 38.9. The van der Waals surface area contributed by atoms with Gasteiger partial charge in [0.25, 0.3) is 5.91 Å². The van der Waals surface area contributed by atoms with Crippen molar-refractivity contribution >= 4 is 40.3 Å². The van der Waals surface area contributed by atoms with Crippen LogP contribution in [-0.2, 0) is 9.59 Å². The highest BCUT2D eigenvalue weighted by molar-refractivity contribution is 8.14. The molecule has 3 aliphatic heterocycles. The van der Waals surface area contributed by atoms with Gasteiger partial charge in [0.1, 0.15) is 11.9 Å². The van der Waals surface area contributed by atoms with E-state index in [0.717, 1.165) is 24.3 Å². The Balaban J connectivity index is 1.56. The minimum Gasteiger partial charge on any atom is -0.341 e. The van der Waals surface area contributed by atoms with Gasteiger partial charge < -0.3 is 4.90 Å².